The van der Waals surface area contributed by atoms with Gasteiger partial charge in [0.1, 0.15) is 23.4 Å². The van der Waals surface area contributed by atoms with Crippen LogP contribution in [0.1, 0.15) is 116 Å². The number of carbonyl (C=O) groups excluding carboxylic acids is 2. The second-order valence-corrected chi connectivity index (χ2v) is 17.8. The first-order valence-corrected chi connectivity index (χ1v) is 22.3. The Morgan fingerprint density at radius 1 is 1.00 bits per heavy atom. The zero-order chi connectivity index (χ0) is 44.3. The molecule has 1 aliphatic heterocycles. The first-order chi connectivity index (χ1) is 29.8. The third kappa shape index (κ3) is 12.3. The number of carbonyl (C=O) groups is 2. The molecule has 2 aliphatic rings. The number of amides is 2. The SMILES string of the molecule is CCCCC1CCC(OC(C)(C)CCOC(C)(C)CCOCCC(=O)N2CCc3cc(Cn4nc(-c5ccc6oc(N)nc6c5)c5c(NC)ncnc54)ccc3C2)CC1.NC=O. The van der Waals surface area contributed by atoms with Gasteiger partial charge in [-0.05, 0) is 113 Å². The minimum Gasteiger partial charge on any atom is -0.424 e. The highest BCUT2D eigenvalue weighted by Crippen LogP contribution is 2.35. The molecular formula is C47H67N9O6. The standard InChI is InChI=1S/C46H64N8O5.CH3NO/c1-7-8-9-31-11-15-36(16-12-31)59-46(4,5)21-25-57-45(2,3)20-24-56-23-19-39(55)53-22-18-33-26-32(10-13-35(33)29-53)28-54-43-40(42(48-6)49-30-50-43)41(52-54)34-14-17-38-37(27-34)51-44(47)58-38;2-1-3/h10,13-14,17,26-27,30-31,36H,7-9,11-12,15-16,18-25,28-29H2,1-6H3,(H2,47,51)(H,48,49,50);1H,(H2,2,3). The molecule has 5 aromatic rings. The molecule has 0 spiro atoms. The Balaban J connectivity index is 0.00000208. The van der Waals surface area contributed by atoms with Gasteiger partial charge in [-0.2, -0.15) is 10.1 Å². The van der Waals surface area contributed by atoms with E-state index < -0.39 is 0 Å². The van der Waals surface area contributed by atoms with Crippen molar-refractivity contribution in [3.63, 3.8) is 0 Å². The molecule has 3 aromatic heterocycles. The average molecular weight is 854 g/mol. The molecule has 0 radical (unpaired) electrons. The fraction of sp³-hybridized carbons (Fsp3) is 0.574. The molecule has 0 atom stereocenters. The van der Waals surface area contributed by atoms with Crippen LogP contribution in [0.25, 0.3) is 33.4 Å². The zero-order valence-corrected chi connectivity index (χ0v) is 37.6. The molecular weight excluding hydrogens is 787 g/mol. The van der Waals surface area contributed by atoms with E-state index in [4.69, 9.17) is 34.3 Å². The number of nitrogens with zero attached hydrogens (tertiary/aromatic N) is 6. The molecule has 62 heavy (non-hydrogen) atoms. The number of fused-ring (bicyclic) bond motifs is 3. The van der Waals surface area contributed by atoms with Crippen molar-refractivity contribution in [2.75, 3.05) is 44.5 Å². The smallest absolute Gasteiger partial charge is 0.292 e. The van der Waals surface area contributed by atoms with Gasteiger partial charge in [-0.3, -0.25) is 9.59 Å². The number of oxazole rings is 1. The van der Waals surface area contributed by atoms with Crippen LogP contribution in [0.5, 0.6) is 0 Å². The third-order valence-electron chi connectivity index (χ3n) is 12.2. The van der Waals surface area contributed by atoms with Gasteiger partial charge in [-0.15, -0.1) is 0 Å². The minimum atomic E-state index is -0.314. The topological polar surface area (TPSA) is 199 Å². The van der Waals surface area contributed by atoms with E-state index in [9.17, 15) is 4.79 Å². The normalized spacial score (nSPS) is 16.8. The molecule has 5 N–H and O–H groups in total. The van der Waals surface area contributed by atoms with Crippen LogP contribution >= 0.6 is 0 Å². The van der Waals surface area contributed by atoms with Gasteiger partial charge in [0.05, 0.1) is 48.9 Å². The van der Waals surface area contributed by atoms with Crippen molar-refractivity contribution in [1.82, 2.24) is 29.6 Å². The number of hydrogen-bond acceptors (Lipinski definition) is 12. The van der Waals surface area contributed by atoms with Gasteiger partial charge >= 0.3 is 0 Å². The molecule has 2 aromatic carbocycles. The van der Waals surface area contributed by atoms with Crippen LogP contribution in [-0.4, -0.2) is 92.7 Å². The quantitative estimate of drug-likeness (QED) is 0.0539. The van der Waals surface area contributed by atoms with Gasteiger partial charge < -0.3 is 40.3 Å². The average Bonchev–Trinajstić information content (AvgIpc) is 3.81. The summed E-state index contributed by atoms with van der Waals surface area (Å²) in [5.41, 5.74) is 16.6. The summed E-state index contributed by atoms with van der Waals surface area (Å²) < 4.78 is 26.2. The summed E-state index contributed by atoms with van der Waals surface area (Å²) in [4.78, 5) is 37.2. The predicted molar refractivity (Wildman–Crippen MR) is 242 cm³/mol. The number of primary amides is 1. The molecule has 2 amide bonds. The molecule has 15 nitrogen and oxygen atoms in total. The lowest BCUT2D eigenvalue weighted by Gasteiger charge is -2.36. The van der Waals surface area contributed by atoms with Crippen molar-refractivity contribution < 1.29 is 28.2 Å². The van der Waals surface area contributed by atoms with Crippen LogP contribution in [0.3, 0.4) is 0 Å². The van der Waals surface area contributed by atoms with Crippen molar-refractivity contribution in [2.45, 2.75) is 136 Å². The van der Waals surface area contributed by atoms with E-state index in [2.05, 4.69) is 78.8 Å². The highest BCUT2D eigenvalue weighted by molar-refractivity contribution is 6.00. The number of nitrogens with one attached hydrogen (secondary N) is 1. The van der Waals surface area contributed by atoms with E-state index in [0.29, 0.717) is 68.9 Å². The van der Waals surface area contributed by atoms with Crippen LogP contribution in [0.4, 0.5) is 11.8 Å². The van der Waals surface area contributed by atoms with Gasteiger partial charge in [0.2, 0.25) is 12.3 Å². The Morgan fingerprint density at radius 2 is 1.77 bits per heavy atom. The first kappa shape index (κ1) is 46.4. The van der Waals surface area contributed by atoms with Crippen LogP contribution in [0.15, 0.2) is 47.1 Å². The summed E-state index contributed by atoms with van der Waals surface area (Å²) in [5, 5.41) is 9.05. The summed E-state index contributed by atoms with van der Waals surface area (Å²) in [6.07, 6.45) is 13.9. The number of benzene rings is 2. The molecule has 336 valence electrons. The summed E-state index contributed by atoms with van der Waals surface area (Å²) in [5.74, 6) is 1.70. The number of nitrogens with two attached hydrogens (primary N) is 2. The predicted octanol–water partition coefficient (Wildman–Crippen LogP) is 7.82. The summed E-state index contributed by atoms with van der Waals surface area (Å²) >= 11 is 0. The Morgan fingerprint density at radius 3 is 2.53 bits per heavy atom. The number of nitrogen functional groups attached to an aromatic ring is 1. The van der Waals surface area contributed by atoms with E-state index >= 15 is 0 Å². The molecule has 4 heterocycles. The molecule has 0 unspecified atom stereocenters. The van der Waals surface area contributed by atoms with Crippen LogP contribution in [0, 0.1) is 5.92 Å². The summed E-state index contributed by atoms with van der Waals surface area (Å²) in [6.45, 7) is 14.3. The minimum absolute atomic E-state index is 0.119. The van der Waals surface area contributed by atoms with Crippen molar-refractivity contribution in [3.8, 4) is 11.3 Å². The third-order valence-corrected chi connectivity index (χ3v) is 12.2. The van der Waals surface area contributed by atoms with Gasteiger partial charge in [-0.25, -0.2) is 14.6 Å². The molecule has 15 heteroatoms. The van der Waals surface area contributed by atoms with E-state index in [0.717, 1.165) is 53.0 Å². The molecule has 1 saturated carbocycles. The Kier molecular flexibility index (Phi) is 15.9. The fourth-order valence-corrected chi connectivity index (χ4v) is 8.62. The van der Waals surface area contributed by atoms with Crippen molar-refractivity contribution in [1.29, 1.82) is 0 Å². The fourth-order valence-electron chi connectivity index (χ4n) is 8.62. The molecule has 1 aliphatic carbocycles. The van der Waals surface area contributed by atoms with Crippen molar-refractivity contribution in [3.05, 3.63) is 59.4 Å². The van der Waals surface area contributed by atoms with Gasteiger partial charge in [0.25, 0.3) is 6.01 Å². The Hall–Kier alpha value is -5.12. The highest BCUT2D eigenvalue weighted by atomic mass is 16.5. The van der Waals surface area contributed by atoms with Gasteiger partial charge in [0, 0.05) is 32.3 Å². The van der Waals surface area contributed by atoms with Crippen LogP contribution in [0.2, 0.25) is 0 Å². The zero-order valence-electron chi connectivity index (χ0n) is 37.6. The second kappa shape index (κ2) is 21.3. The Labute approximate surface area is 365 Å². The lowest BCUT2D eigenvalue weighted by molar-refractivity contribution is -0.133. The number of unbranched alkanes of at least 4 members (excludes halogenated alkanes) is 1. The highest BCUT2D eigenvalue weighted by Gasteiger charge is 2.29. The molecule has 0 saturated heterocycles. The number of ether oxygens (including phenoxy) is 3. The lowest BCUT2D eigenvalue weighted by Crippen LogP contribution is -2.36. The van der Waals surface area contributed by atoms with E-state index in [-0.39, 0.29) is 29.5 Å². The van der Waals surface area contributed by atoms with Crippen LogP contribution in [-0.2, 0) is 43.3 Å². The maximum absolute atomic E-state index is 13.2. The van der Waals surface area contributed by atoms with Gasteiger partial charge in [0.15, 0.2) is 11.2 Å². The van der Waals surface area contributed by atoms with Gasteiger partial charge in [-0.1, -0.05) is 44.4 Å². The second-order valence-electron chi connectivity index (χ2n) is 17.8. The molecule has 0 bridgehead atoms. The maximum atomic E-state index is 13.2. The summed E-state index contributed by atoms with van der Waals surface area (Å²) in [7, 11) is 1.84. The number of rotatable bonds is 19. The number of hydrogen-bond donors (Lipinski definition) is 3. The molecule has 7 rings (SSSR count). The molecule has 1 fully saturated rings. The lowest BCUT2D eigenvalue weighted by atomic mass is 9.84. The van der Waals surface area contributed by atoms with E-state index in [1.54, 1.807) is 6.33 Å². The number of anilines is 2. The maximum Gasteiger partial charge on any atom is 0.292 e. The monoisotopic (exact) mass is 854 g/mol. The van der Waals surface area contributed by atoms with Crippen molar-refractivity contribution >= 4 is 46.3 Å². The van der Waals surface area contributed by atoms with E-state index in [1.807, 2.05) is 34.8 Å². The van der Waals surface area contributed by atoms with E-state index in [1.165, 1.54) is 56.1 Å². The largest absolute Gasteiger partial charge is 0.424 e. The summed E-state index contributed by atoms with van der Waals surface area (Å²) in [6, 6.07) is 12.3. The number of aromatic nitrogens is 5. The first-order valence-electron chi connectivity index (χ1n) is 22.3. The van der Waals surface area contributed by atoms with Crippen molar-refractivity contribution in [2.24, 2.45) is 11.7 Å². The van der Waals surface area contributed by atoms with Crippen LogP contribution < -0.4 is 16.8 Å². The Bertz CT molecular complexity index is 2240.